The molecular formula is C18H19NO5S. The van der Waals surface area contributed by atoms with E-state index in [1.165, 1.54) is 16.4 Å². The molecule has 0 spiro atoms. The van der Waals surface area contributed by atoms with Crippen molar-refractivity contribution in [2.24, 2.45) is 0 Å². The summed E-state index contributed by atoms with van der Waals surface area (Å²) in [4.78, 5) is 12.2. The first-order chi connectivity index (χ1) is 12.1. The Bertz CT molecular complexity index is 812. The Balaban J connectivity index is 1.63. The minimum Gasteiger partial charge on any atom is -0.485 e. The minimum absolute atomic E-state index is 0.0976. The number of carbonyl (C=O) groups is 1. The van der Waals surface area contributed by atoms with Crippen molar-refractivity contribution in [1.29, 1.82) is 0 Å². The number of sulfonamides is 1. The predicted octanol–water partition coefficient (Wildman–Crippen LogP) is 1.97. The van der Waals surface area contributed by atoms with Gasteiger partial charge in [0.2, 0.25) is 10.0 Å². The van der Waals surface area contributed by atoms with Gasteiger partial charge in [-0.2, -0.15) is 4.31 Å². The van der Waals surface area contributed by atoms with Crippen LogP contribution < -0.4 is 4.74 Å². The van der Waals surface area contributed by atoms with Gasteiger partial charge in [0.1, 0.15) is 5.75 Å². The Kier molecular flexibility index (Phi) is 5.47. The fourth-order valence-electron chi connectivity index (χ4n) is 2.50. The third-order valence-electron chi connectivity index (χ3n) is 3.90. The van der Waals surface area contributed by atoms with E-state index < -0.39 is 10.0 Å². The standard InChI is InChI=1S/C18H19NO5S/c20-18(15-4-2-1-3-5-15)14-24-16-6-8-17(9-7-16)25(21,22)19-10-12-23-13-11-19/h1-9H,10-14H2. The van der Waals surface area contributed by atoms with E-state index in [4.69, 9.17) is 9.47 Å². The highest BCUT2D eigenvalue weighted by Gasteiger charge is 2.26. The molecule has 1 saturated heterocycles. The Hall–Kier alpha value is -2.22. The van der Waals surface area contributed by atoms with E-state index in [1.54, 1.807) is 36.4 Å². The van der Waals surface area contributed by atoms with Crippen molar-refractivity contribution in [1.82, 2.24) is 4.31 Å². The molecule has 0 bridgehead atoms. The summed E-state index contributed by atoms with van der Waals surface area (Å²) >= 11 is 0. The molecule has 6 nitrogen and oxygen atoms in total. The molecule has 3 rings (SSSR count). The first kappa shape index (κ1) is 17.6. The van der Waals surface area contributed by atoms with Gasteiger partial charge >= 0.3 is 0 Å². The number of ketones is 1. The quantitative estimate of drug-likeness (QED) is 0.736. The summed E-state index contributed by atoms with van der Waals surface area (Å²) in [5.41, 5.74) is 0.578. The Morgan fingerprint density at radius 2 is 1.64 bits per heavy atom. The maximum atomic E-state index is 12.5. The predicted molar refractivity (Wildman–Crippen MR) is 92.3 cm³/mol. The zero-order valence-corrected chi connectivity index (χ0v) is 14.4. The number of Topliss-reactive ketones (excluding diaryl/α,β-unsaturated/α-hetero) is 1. The molecule has 0 saturated carbocycles. The summed E-state index contributed by atoms with van der Waals surface area (Å²) in [5, 5.41) is 0. The van der Waals surface area contributed by atoms with Crippen LogP contribution in [0.15, 0.2) is 59.5 Å². The second-order valence-corrected chi connectivity index (χ2v) is 7.50. The first-order valence-corrected chi connectivity index (χ1v) is 9.40. The van der Waals surface area contributed by atoms with Crippen LogP contribution in [0.25, 0.3) is 0 Å². The fraction of sp³-hybridized carbons (Fsp3) is 0.278. The van der Waals surface area contributed by atoms with Crippen LogP contribution in [0.2, 0.25) is 0 Å². The second-order valence-electron chi connectivity index (χ2n) is 5.57. The van der Waals surface area contributed by atoms with E-state index in [1.807, 2.05) is 6.07 Å². The van der Waals surface area contributed by atoms with Crippen LogP contribution >= 0.6 is 0 Å². The molecule has 0 radical (unpaired) electrons. The van der Waals surface area contributed by atoms with Crippen LogP contribution in [-0.4, -0.2) is 51.4 Å². The van der Waals surface area contributed by atoms with Crippen molar-refractivity contribution >= 4 is 15.8 Å². The first-order valence-electron chi connectivity index (χ1n) is 7.96. The van der Waals surface area contributed by atoms with E-state index in [0.29, 0.717) is 37.6 Å². The molecule has 25 heavy (non-hydrogen) atoms. The van der Waals surface area contributed by atoms with Crippen LogP contribution in [0.4, 0.5) is 0 Å². The highest BCUT2D eigenvalue weighted by Crippen LogP contribution is 2.20. The molecule has 0 aliphatic carbocycles. The van der Waals surface area contributed by atoms with E-state index >= 15 is 0 Å². The van der Waals surface area contributed by atoms with Gasteiger partial charge in [0, 0.05) is 18.7 Å². The lowest BCUT2D eigenvalue weighted by Gasteiger charge is -2.26. The molecular weight excluding hydrogens is 342 g/mol. The van der Waals surface area contributed by atoms with Gasteiger partial charge in [-0.15, -0.1) is 0 Å². The average Bonchev–Trinajstić information content (AvgIpc) is 2.68. The van der Waals surface area contributed by atoms with Crippen LogP contribution in [0, 0.1) is 0 Å². The largest absolute Gasteiger partial charge is 0.485 e. The number of hydrogen-bond donors (Lipinski definition) is 0. The normalized spacial score (nSPS) is 15.7. The van der Waals surface area contributed by atoms with Crippen LogP contribution in [0.5, 0.6) is 5.75 Å². The number of hydrogen-bond acceptors (Lipinski definition) is 5. The smallest absolute Gasteiger partial charge is 0.243 e. The molecule has 0 N–H and O–H groups in total. The van der Waals surface area contributed by atoms with Gasteiger partial charge in [0.15, 0.2) is 12.4 Å². The van der Waals surface area contributed by atoms with E-state index in [0.717, 1.165) is 0 Å². The minimum atomic E-state index is -3.52. The monoisotopic (exact) mass is 361 g/mol. The highest BCUT2D eigenvalue weighted by atomic mass is 32.2. The van der Waals surface area contributed by atoms with Crippen LogP contribution in [0.1, 0.15) is 10.4 Å². The van der Waals surface area contributed by atoms with E-state index in [2.05, 4.69) is 0 Å². The zero-order chi connectivity index (χ0) is 17.7. The molecule has 1 heterocycles. The average molecular weight is 361 g/mol. The van der Waals surface area contributed by atoms with Gasteiger partial charge in [-0.25, -0.2) is 8.42 Å². The third kappa shape index (κ3) is 4.25. The van der Waals surface area contributed by atoms with Crippen LogP contribution in [0.3, 0.4) is 0 Å². The van der Waals surface area contributed by atoms with Crippen molar-refractivity contribution in [3.8, 4) is 5.75 Å². The molecule has 0 unspecified atom stereocenters. The number of rotatable bonds is 6. The third-order valence-corrected chi connectivity index (χ3v) is 5.81. The van der Waals surface area contributed by atoms with Crippen molar-refractivity contribution in [2.75, 3.05) is 32.9 Å². The number of benzene rings is 2. The highest BCUT2D eigenvalue weighted by molar-refractivity contribution is 7.89. The van der Waals surface area contributed by atoms with Gasteiger partial charge in [-0.05, 0) is 24.3 Å². The Morgan fingerprint density at radius 3 is 2.28 bits per heavy atom. The zero-order valence-electron chi connectivity index (χ0n) is 13.6. The van der Waals surface area contributed by atoms with Gasteiger partial charge in [0.05, 0.1) is 18.1 Å². The lowest BCUT2D eigenvalue weighted by molar-refractivity contribution is 0.0730. The van der Waals surface area contributed by atoms with Crippen molar-refractivity contribution in [3.63, 3.8) is 0 Å². The molecule has 7 heteroatoms. The molecule has 0 amide bonds. The van der Waals surface area contributed by atoms with Gasteiger partial charge in [-0.1, -0.05) is 30.3 Å². The van der Waals surface area contributed by atoms with Crippen molar-refractivity contribution in [3.05, 3.63) is 60.2 Å². The summed E-state index contributed by atoms with van der Waals surface area (Å²) in [6, 6.07) is 15.0. The molecule has 132 valence electrons. The number of nitrogens with zero attached hydrogens (tertiary/aromatic N) is 1. The molecule has 1 aliphatic heterocycles. The SMILES string of the molecule is O=C(COc1ccc(S(=O)(=O)N2CCOCC2)cc1)c1ccccc1. The molecule has 2 aromatic rings. The van der Waals surface area contributed by atoms with Gasteiger partial charge in [-0.3, -0.25) is 4.79 Å². The Labute approximate surface area is 147 Å². The van der Waals surface area contributed by atoms with E-state index in [-0.39, 0.29) is 17.3 Å². The molecule has 0 atom stereocenters. The van der Waals surface area contributed by atoms with Crippen molar-refractivity contribution < 1.29 is 22.7 Å². The summed E-state index contributed by atoms with van der Waals surface area (Å²) in [6.45, 7) is 1.42. The maximum Gasteiger partial charge on any atom is 0.243 e. The Morgan fingerprint density at radius 1 is 1.00 bits per heavy atom. The van der Waals surface area contributed by atoms with Crippen LogP contribution in [-0.2, 0) is 14.8 Å². The number of ether oxygens (including phenoxy) is 2. The van der Waals surface area contributed by atoms with Gasteiger partial charge in [0.25, 0.3) is 0 Å². The molecule has 1 aliphatic rings. The number of carbonyl (C=O) groups excluding carboxylic acids is 1. The molecule has 1 fully saturated rings. The summed E-state index contributed by atoms with van der Waals surface area (Å²) in [6.07, 6.45) is 0. The topological polar surface area (TPSA) is 72.9 Å². The maximum absolute atomic E-state index is 12.5. The van der Waals surface area contributed by atoms with Gasteiger partial charge < -0.3 is 9.47 Å². The summed E-state index contributed by atoms with van der Waals surface area (Å²) in [5.74, 6) is 0.316. The molecule has 2 aromatic carbocycles. The lowest BCUT2D eigenvalue weighted by Crippen LogP contribution is -2.40. The molecule has 0 aromatic heterocycles. The van der Waals surface area contributed by atoms with Crippen molar-refractivity contribution in [2.45, 2.75) is 4.90 Å². The van der Waals surface area contributed by atoms with E-state index in [9.17, 15) is 13.2 Å². The fourth-order valence-corrected chi connectivity index (χ4v) is 3.91. The second kappa shape index (κ2) is 7.77. The summed E-state index contributed by atoms with van der Waals surface area (Å²) in [7, 11) is -3.52. The number of morpholine rings is 1. The lowest BCUT2D eigenvalue weighted by atomic mass is 10.1. The summed E-state index contributed by atoms with van der Waals surface area (Å²) < 4.78 is 37.1.